The molecule has 8 nitrogen and oxygen atoms in total. The van der Waals surface area contributed by atoms with Gasteiger partial charge < -0.3 is 9.80 Å². The highest BCUT2D eigenvalue weighted by Crippen LogP contribution is 2.21. The summed E-state index contributed by atoms with van der Waals surface area (Å²) in [4.78, 5) is 33.9. The molecule has 2 aromatic heterocycles. The summed E-state index contributed by atoms with van der Waals surface area (Å²) in [6.45, 7) is 8.58. The molecule has 0 spiro atoms. The number of rotatable bonds is 3. The zero-order valence-electron chi connectivity index (χ0n) is 17.3. The highest BCUT2D eigenvalue weighted by molar-refractivity contribution is 5.93. The van der Waals surface area contributed by atoms with Crippen LogP contribution in [0.1, 0.15) is 36.1 Å². The number of benzene rings is 1. The second-order valence-electron chi connectivity index (χ2n) is 7.83. The minimum atomic E-state index is -0.0153. The molecule has 8 heteroatoms. The number of aryl methyl sites for hydroxylation is 2. The number of hydrogen-bond acceptors (Lipinski definition) is 5. The van der Waals surface area contributed by atoms with Crippen molar-refractivity contribution in [3.8, 4) is 0 Å². The van der Waals surface area contributed by atoms with Gasteiger partial charge in [-0.1, -0.05) is 0 Å². The lowest BCUT2D eigenvalue weighted by molar-refractivity contribution is 0.0735. The van der Waals surface area contributed by atoms with E-state index in [1.165, 1.54) is 0 Å². The molecule has 1 aromatic carbocycles. The molecule has 3 heterocycles. The van der Waals surface area contributed by atoms with Gasteiger partial charge in [0.2, 0.25) is 0 Å². The van der Waals surface area contributed by atoms with E-state index in [9.17, 15) is 9.59 Å². The predicted octanol–water partition coefficient (Wildman–Crippen LogP) is 1.98. The number of fused-ring (bicyclic) bond motifs is 1. The number of amides is 1. The van der Waals surface area contributed by atoms with Gasteiger partial charge in [-0.15, -0.1) is 0 Å². The standard InChI is InChI=1S/C21H26N6O2/c1-14(2)27-13-22-18-12-16(5-6-17(18)20(27)28)25-7-9-26(10-8-25)21(29)19-11-15(3)23-24(19)4/h5-6,11-14H,7-10H2,1-4H3. The largest absolute Gasteiger partial charge is 0.368 e. The van der Waals surface area contributed by atoms with Crippen molar-refractivity contribution < 1.29 is 4.79 Å². The zero-order chi connectivity index (χ0) is 20.7. The Morgan fingerprint density at radius 3 is 2.45 bits per heavy atom. The Morgan fingerprint density at radius 2 is 1.83 bits per heavy atom. The molecule has 4 rings (SSSR count). The summed E-state index contributed by atoms with van der Waals surface area (Å²) in [6.07, 6.45) is 1.62. The molecule has 1 saturated heterocycles. The maximum Gasteiger partial charge on any atom is 0.272 e. The van der Waals surface area contributed by atoms with Gasteiger partial charge in [0.15, 0.2) is 0 Å². The number of aromatic nitrogens is 4. The fraction of sp³-hybridized carbons (Fsp3) is 0.429. The van der Waals surface area contributed by atoms with Gasteiger partial charge in [0, 0.05) is 45.0 Å². The normalized spacial score (nSPS) is 14.8. The van der Waals surface area contributed by atoms with Crippen LogP contribution in [0.25, 0.3) is 10.9 Å². The summed E-state index contributed by atoms with van der Waals surface area (Å²) >= 11 is 0. The molecule has 0 unspecified atom stereocenters. The minimum absolute atomic E-state index is 0.0153. The number of carbonyl (C=O) groups is 1. The first-order valence-electron chi connectivity index (χ1n) is 9.91. The molecule has 0 radical (unpaired) electrons. The summed E-state index contributed by atoms with van der Waals surface area (Å²) in [5.41, 5.74) is 3.17. The Labute approximate surface area is 169 Å². The first kappa shape index (κ1) is 19.2. The van der Waals surface area contributed by atoms with Gasteiger partial charge in [-0.05, 0) is 45.0 Å². The number of carbonyl (C=O) groups excluding carboxylic acids is 1. The lowest BCUT2D eigenvalue weighted by atomic mass is 10.2. The molecule has 1 aliphatic rings. The summed E-state index contributed by atoms with van der Waals surface area (Å²) in [6, 6.07) is 7.69. The first-order chi connectivity index (χ1) is 13.8. The number of nitrogens with zero attached hydrogens (tertiary/aromatic N) is 6. The van der Waals surface area contributed by atoms with E-state index in [0.29, 0.717) is 29.7 Å². The monoisotopic (exact) mass is 394 g/mol. The van der Waals surface area contributed by atoms with Crippen LogP contribution in [-0.4, -0.2) is 56.3 Å². The van der Waals surface area contributed by atoms with Crippen molar-refractivity contribution in [1.29, 1.82) is 0 Å². The van der Waals surface area contributed by atoms with E-state index in [4.69, 9.17) is 0 Å². The molecule has 1 aliphatic heterocycles. The molecule has 0 N–H and O–H groups in total. The van der Waals surface area contributed by atoms with Crippen LogP contribution in [0.3, 0.4) is 0 Å². The van der Waals surface area contributed by atoms with Crippen LogP contribution in [0.4, 0.5) is 5.69 Å². The van der Waals surface area contributed by atoms with E-state index in [0.717, 1.165) is 24.5 Å². The van der Waals surface area contributed by atoms with Gasteiger partial charge in [-0.2, -0.15) is 5.10 Å². The van der Waals surface area contributed by atoms with Gasteiger partial charge in [0.25, 0.3) is 11.5 Å². The second-order valence-corrected chi connectivity index (χ2v) is 7.83. The molecule has 0 atom stereocenters. The van der Waals surface area contributed by atoms with Crippen molar-refractivity contribution in [3.63, 3.8) is 0 Å². The topological polar surface area (TPSA) is 76.3 Å². The molecule has 1 amide bonds. The SMILES string of the molecule is Cc1cc(C(=O)N2CCN(c3ccc4c(=O)n(C(C)C)cnc4c3)CC2)n(C)n1. The third-order valence-corrected chi connectivity index (χ3v) is 5.48. The van der Waals surface area contributed by atoms with Gasteiger partial charge >= 0.3 is 0 Å². The average Bonchev–Trinajstić information content (AvgIpc) is 3.05. The third kappa shape index (κ3) is 3.50. The van der Waals surface area contributed by atoms with Crippen LogP contribution in [0.2, 0.25) is 0 Å². The molecular weight excluding hydrogens is 368 g/mol. The summed E-state index contributed by atoms with van der Waals surface area (Å²) in [5.74, 6) is 0.0159. The Hall–Kier alpha value is -3.16. The fourth-order valence-electron chi connectivity index (χ4n) is 3.83. The molecule has 0 aliphatic carbocycles. The van der Waals surface area contributed by atoms with Gasteiger partial charge in [-0.25, -0.2) is 4.98 Å². The van der Waals surface area contributed by atoms with E-state index >= 15 is 0 Å². The molecule has 0 saturated carbocycles. The minimum Gasteiger partial charge on any atom is -0.368 e. The van der Waals surface area contributed by atoms with E-state index in [-0.39, 0.29) is 17.5 Å². The molecule has 0 bridgehead atoms. The maximum absolute atomic E-state index is 12.8. The number of hydrogen-bond donors (Lipinski definition) is 0. The van der Waals surface area contributed by atoms with Crippen molar-refractivity contribution in [1.82, 2.24) is 24.2 Å². The van der Waals surface area contributed by atoms with Crippen molar-refractivity contribution in [2.45, 2.75) is 26.8 Å². The summed E-state index contributed by atoms with van der Waals surface area (Å²) in [7, 11) is 1.80. The van der Waals surface area contributed by atoms with E-state index in [2.05, 4.69) is 15.0 Å². The van der Waals surface area contributed by atoms with Crippen LogP contribution in [-0.2, 0) is 7.05 Å². The Morgan fingerprint density at radius 1 is 1.10 bits per heavy atom. The predicted molar refractivity (Wildman–Crippen MR) is 112 cm³/mol. The van der Waals surface area contributed by atoms with E-state index in [1.54, 1.807) is 22.6 Å². The lowest BCUT2D eigenvalue weighted by Gasteiger charge is -2.36. The molecule has 3 aromatic rings. The van der Waals surface area contributed by atoms with Crippen LogP contribution >= 0.6 is 0 Å². The van der Waals surface area contributed by atoms with Gasteiger partial charge in [0.1, 0.15) is 5.69 Å². The Bertz CT molecular complexity index is 1120. The smallest absolute Gasteiger partial charge is 0.272 e. The maximum atomic E-state index is 12.8. The highest BCUT2D eigenvalue weighted by Gasteiger charge is 2.24. The fourth-order valence-corrected chi connectivity index (χ4v) is 3.83. The highest BCUT2D eigenvalue weighted by atomic mass is 16.2. The summed E-state index contributed by atoms with van der Waals surface area (Å²) in [5, 5.41) is 4.90. The first-order valence-corrected chi connectivity index (χ1v) is 9.91. The van der Waals surface area contributed by atoms with Gasteiger partial charge in [0.05, 0.1) is 22.9 Å². The Kier molecular flexibility index (Phi) is 4.86. The van der Waals surface area contributed by atoms with Crippen LogP contribution in [0.5, 0.6) is 0 Å². The third-order valence-electron chi connectivity index (χ3n) is 5.48. The average molecular weight is 394 g/mol. The van der Waals surface area contributed by atoms with E-state index in [1.807, 2.05) is 49.9 Å². The van der Waals surface area contributed by atoms with Crippen molar-refractivity contribution in [2.24, 2.45) is 7.05 Å². The second kappa shape index (κ2) is 7.35. The quantitative estimate of drug-likeness (QED) is 0.679. The molecule has 29 heavy (non-hydrogen) atoms. The van der Waals surface area contributed by atoms with Crippen LogP contribution in [0.15, 0.2) is 35.4 Å². The summed E-state index contributed by atoms with van der Waals surface area (Å²) < 4.78 is 3.29. The molecule has 1 fully saturated rings. The molecule has 152 valence electrons. The zero-order valence-corrected chi connectivity index (χ0v) is 17.3. The van der Waals surface area contributed by atoms with Crippen LogP contribution in [0, 0.1) is 6.92 Å². The van der Waals surface area contributed by atoms with Crippen LogP contribution < -0.4 is 10.5 Å². The van der Waals surface area contributed by atoms with Crippen molar-refractivity contribution in [3.05, 3.63) is 52.3 Å². The van der Waals surface area contributed by atoms with E-state index < -0.39 is 0 Å². The lowest BCUT2D eigenvalue weighted by Crippen LogP contribution is -2.49. The molecular formula is C21H26N6O2. The van der Waals surface area contributed by atoms with Crippen molar-refractivity contribution >= 4 is 22.5 Å². The van der Waals surface area contributed by atoms with Gasteiger partial charge in [-0.3, -0.25) is 18.8 Å². The number of piperazine rings is 1. The van der Waals surface area contributed by atoms with Crippen molar-refractivity contribution in [2.75, 3.05) is 31.1 Å². The Balaban J connectivity index is 1.50. The number of anilines is 1.